The molecule has 0 saturated carbocycles. The van der Waals surface area contributed by atoms with Gasteiger partial charge < -0.3 is 14.4 Å². The van der Waals surface area contributed by atoms with E-state index in [1.165, 1.54) is 22.5 Å². The fourth-order valence-corrected chi connectivity index (χ4v) is 6.82. The first-order valence-corrected chi connectivity index (χ1v) is 13.5. The number of piperidine rings is 1. The number of para-hydroxylation sites is 1. The molecule has 1 atom stereocenters. The Morgan fingerprint density at radius 3 is 2.38 bits per heavy atom. The second-order valence-corrected chi connectivity index (χ2v) is 11.6. The molecule has 0 aromatic heterocycles. The first-order chi connectivity index (χ1) is 16.3. The average Bonchev–Trinajstić information content (AvgIpc) is 2.83. The number of hydrogen-bond acceptors (Lipinski definition) is 5. The highest BCUT2D eigenvalue weighted by atomic mass is 35.5. The molecule has 184 valence electrons. The lowest BCUT2D eigenvalue weighted by molar-refractivity contribution is -0.139. The van der Waals surface area contributed by atoms with Gasteiger partial charge in [0.1, 0.15) is 5.75 Å². The number of benzene rings is 2. The van der Waals surface area contributed by atoms with Crippen molar-refractivity contribution < 1.29 is 22.7 Å². The monoisotopic (exact) mass is 526 g/mol. The molecule has 2 aromatic carbocycles. The minimum atomic E-state index is -3.86. The van der Waals surface area contributed by atoms with Crippen molar-refractivity contribution >= 4 is 39.1 Å². The standard InChI is InChI=1S/C24H28Cl2N2O5S/c25-19-13-20(26)15-22(14-19)34(30,31)28-8-4-7-24(17-28,18-33-21-5-2-1-3-6-21)16-23(29)27-9-11-32-12-10-27/h1-3,5-6,13-15H,4,7-12,16-18H2/t24-/m1/s1. The summed E-state index contributed by atoms with van der Waals surface area (Å²) in [5, 5.41) is 0.508. The molecule has 0 unspecified atom stereocenters. The molecule has 2 saturated heterocycles. The number of carbonyl (C=O) groups is 1. The van der Waals surface area contributed by atoms with Crippen LogP contribution in [0.25, 0.3) is 0 Å². The molecule has 0 N–H and O–H groups in total. The molecule has 4 rings (SSSR count). The van der Waals surface area contributed by atoms with Gasteiger partial charge in [0.25, 0.3) is 0 Å². The predicted molar refractivity (Wildman–Crippen MR) is 131 cm³/mol. The van der Waals surface area contributed by atoms with E-state index in [-0.39, 0.29) is 40.4 Å². The summed E-state index contributed by atoms with van der Waals surface area (Å²) in [6.45, 7) is 2.85. The third kappa shape index (κ3) is 6.04. The summed E-state index contributed by atoms with van der Waals surface area (Å²) in [5.41, 5.74) is -0.668. The number of hydrogen-bond donors (Lipinski definition) is 0. The third-order valence-corrected chi connectivity index (χ3v) is 8.54. The fraction of sp³-hybridized carbons (Fsp3) is 0.458. The minimum absolute atomic E-state index is 0.00925. The van der Waals surface area contributed by atoms with E-state index in [1.54, 1.807) is 4.90 Å². The highest BCUT2D eigenvalue weighted by molar-refractivity contribution is 7.89. The summed E-state index contributed by atoms with van der Waals surface area (Å²) in [6, 6.07) is 13.7. The molecule has 0 radical (unpaired) electrons. The number of sulfonamides is 1. The normalized spacial score (nSPS) is 21.9. The quantitative estimate of drug-likeness (QED) is 0.542. The van der Waals surface area contributed by atoms with Crippen LogP contribution in [0.3, 0.4) is 0 Å². The Morgan fingerprint density at radius 1 is 1.03 bits per heavy atom. The summed E-state index contributed by atoms with van der Waals surface area (Å²) in [5.74, 6) is 0.673. The molecule has 0 bridgehead atoms. The van der Waals surface area contributed by atoms with E-state index in [2.05, 4.69) is 0 Å². The lowest BCUT2D eigenvalue weighted by atomic mass is 9.78. The van der Waals surface area contributed by atoms with Crippen LogP contribution in [0.4, 0.5) is 0 Å². The first-order valence-electron chi connectivity index (χ1n) is 11.3. The van der Waals surface area contributed by atoms with Gasteiger partial charge in [-0.2, -0.15) is 4.31 Å². The van der Waals surface area contributed by atoms with E-state index in [9.17, 15) is 13.2 Å². The van der Waals surface area contributed by atoms with Gasteiger partial charge >= 0.3 is 0 Å². The Bertz CT molecular complexity index is 1090. The third-order valence-electron chi connectivity index (χ3n) is 6.28. The van der Waals surface area contributed by atoms with Gasteiger partial charge in [0.05, 0.1) is 24.7 Å². The van der Waals surface area contributed by atoms with Gasteiger partial charge in [0.15, 0.2) is 0 Å². The number of amides is 1. The Balaban J connectivity index is 1.59. The second-order valence-electron chi connectivity index (χ2n) is 8.82. The lowest BCUT2D eigenvalue weighted by Crippen LogP contribution is -2.51. The summed E-state index contributed by atoms with van der Waals surface area (Å²) in [6.07, 6.45) is 1.49. The molecule has 0 aliphatic carbocycles. The van der Waals surface area contributed by atoms with E-state index in [1.807, 2.05) is 30.3 Å². The highest BCUT2D eigenvalue weighted by Crippen LogP contribution is 2.38. The molecule has 2 aliphatic rings. The Hall–Kier alpha value is -1.84. The van der Waals surface area contributed by atoms with Crippen LogP contribution in [0.5, 0.6) is 5.75 Å². The zero-order chi connectivity index (χ0) is 24.2. The summed E-state index contributed by atoms with van der Waals surface area (Å²) < 4.78 is 39.9. The molecule has 0 spiro atoms. The number of rotatable bonds is 7. The van der Waals surface area contributed by atoms with Crippen LogP contribution in [-0.2, 0) is 19.6 Å². The van der Waals surface area contributed by atoms with Crippen LogP contribution >= 0.6 is 23.2 Å². The Kier molecular flexibility index (Phi) is 8.05. The van der Waals surface area contributed by atoms with E-state index in [4.69, 9.17) is 32.7 Å². The van der Waals surface area contributed by atoms with Crippen molar-refractivity contribution in [2.24, 2.45) is 5.41 Å². The van der Waals surface area contributed by atoms with Gasteiger partial charge in [-0.3, -0.25) is 4.79 Å². The number of ether oxygens (including phenoxy) is 2. The maximum Gasteiger partial charge on any atom is 0.243 e. The number of nitrogens with zero attached hydrogens (tertiary/aromatic N) is 2. The van der Waals surface area contributed by atoms with Crippen LogP contribution in [0.15, 0.2) is 53.4 Å². The van der Waals surface area contributed by atoms with Gasteiger partial charge in [0.2, 0.25) is 15.9 Å². The topological polar surface area (TPSA) is 76.2 Å². The average molecular weight is 527 g/mol. The van der Waals surface area contributed by atoms with Crippen LogP contribution in [0.2, 0.25) is 10.0 Å². The number of morpholine rings is 1. The molecule has 2 aromatic rings. The van der Waals surface area contributed by atoms with Gasteiger partial charge in [-0.15, -0.1) is 0 Å². The van der Waals surface area contributed by atoms with Crippen molar-refractivity contribution in [3.05, 3.63) is 58.6 Å². The Morgan fingerprint density at radius 2 is 1.71 bits per heavy atom. The van der Waals surface area contributed by atoms with Crippen molar-refractivity contribution in [3.63, 3.8) is 0 Å². The molecule has 2 heterocycles. The number of carbonyl (C=O) groups excluding carboxylic acids is 1. The van der Waals surface area contributed by atoms with Gasteiger partial charge in [-0.25, -0.2) is 8.42 Å². The largest absolute Gasteiger partial charge is 0.493 e. The smallest absolute Gasteiger partial charge is 0.243 e. The molecule has 7 nitrogen and oxygen atoms in total. The summed E-state index contributed by atoms with van der Waals surface area (Å²) >= 11 is 12.2. The maximum absolute atomic E-state index is 13.5. The number of halogens is 2. The summed E-state index contributed by atoms with van der Waals surface area (Å²) in [7, 11) is -3.86. The zero-order valence-corrected chi connectivity index (χ0v) is 21.1. The molecule has 10 heteroatoms. The maximum atomic E-state index is 13.5. The SMILES string of the molecule is O=C(C[C@]1(COc2ccccc2)CCCN(S(=O)(=O)c2cc(Cl)cc(Cl)c2)C1)N1CCOCC1. The lowest BCUT2D eigenvalue weighted by Gasteiger charge is -2.42. The van der Waals surface area contributed by atoms with E-state index >= 15 is 0 Å². The highest BCUT2D eigenvalue weighted by Gasteiger charge is 2.43. The van der Waals surface area contributed by atoms with Crippen LogP contribution in [-0.4, -0.2) is 69.5 Å². The molecular formula is C24H28Cl2N2O5S. The predicted octanol–water partition coefficient (Wildman–Crippen LogP) is 4.09. The van der Waals surface area contributed by atoms with Gasteiger partial charge in [-0.1, -0.05) is 41.4 Å². The van der Waals surface area contributed by atoms with Crippen LogP contribution in [0, 0.1) is 5.41 Å². The molecule has 2 aliphatic heterocycles. The molecular weight excluding hydrogens is 499 g/mol. The van der Waals surface area contributed by atoms with Crippen molar-refractivity contribution in [2.45, 2.75) is 24.2 Å². The van der Waals surface area contributed by atoms with Gasteiger partial charge in [0, 0.05) is 48.1 Å². The minimum Gasteiger partial charge on any atom is -0.493 e. The van der Waals surface area contributed by atoms with Gasteiger partial charge in [-0.05, 0) is 43.2 Å². The zero-order valence-electron chi connectivity index (χ0n) is 18.8. The fourth-order valence-electron chi connectivity index (χ4n) is 4.51. The van der Waals surface area contributed by atoms with E-state index < -0.39 is 15.4 Å². The summed E-state index contributed by atoms with van der Waals surface area (Å²) in [4.78, 5) is 15.0. The Labute approximate surface area is 210 Å². The first kappa shape index (κ1) is 25.3. The molecule has 34 heavy (non-hydrogen) atoms. The molecule has 2 fully saturated rings. The van der Waals surface area contributed by atoms with E-state index in [0.29, 0.717) is 51.4 Å². The van der Waals surface area contributed by atoms with Crippen molar-refractivity contribution in [1.82, 2.24) is 9.21 Å². The van der Waals surface area contributed by atoms with Crippen molar-refractivity contribution in [1.29, 1.82) is 0 Å². The van der Waals surface area contributed by atoms with E-state index in [0.717, 1.165) is 0 Å². The molecule has 1 amide bonds. The second kappa shape index (κ2) is 10.8. The van der Waals surface area contributed by atoms with Crippen molar-refractivity contribution in [3.8, 4) is 5.75 Å². The van der Waals surface area contributed by atoms with Crippen LogP contribution in [0.1, 0.15) is 19.3 Å². The van der Waals surface area contributed by atoms with Crippen molar-refractivity contribution in [2.75, 3.05) is 46.0 Å². The van der Waals surface area contributed by atoms with Crippen LogP contribution < -0.4 is 4.74 Å².